The monoisotopic (exact) mass is 372 g/mol. The van der Waals surface area contributed by atoms with Gasteiger partial charge in [-0.05, 0) is 25.8 Å². The van der Waals surface area contributed by atoms with Gasteiger partial charge in [-0.2, -0.15) is 13.2 Å². The molecule has 1 saturated heterocycles. The van der Waals surface area contributed by atoms with E-state index in [1.165, 1.54) is 23.8 Å². The van der Waals surface area contributed by atoms with Gasteiger partial charge in [0, 0.05) is 12.1 Å². The molecule has 2 fully saturated rings. The summed E-state index contributed by atoms with van der Waals surface area (Å²) in [6, 6.07) is 2.80. The van der Waals surface area contributed by atoms with Crippen molar-refractivity contribution in [2.45, 2.75) is 50.9 Å². The molecule has 3 rings (SSSR count). The maximum absolute atomic E-state index is 12.6. The van der Waals surface area contributed by atoms with Gasteiger partial charge in [-0.25, -0.2) is 4.98 Å². The van der Waals surface area contributed by atoms with Crippen molar-refractivity contribution in [1.29, 1.82) is 0 Å². The standard InChI is InChI=1S/C18H25F3N4O/c1-13(17(26)23-15-4-2-3-5-15)24-8-10-25(11-9-24)16-7-6-14(12-22-16)18(19,20)21/h6-7,12-13,15H,2-5,8-11H2,1H3,(H,23,26)/p+2/t13-/m0/s1. The largest absolute Gasteiger partial charge is 0.419 e. The topological polar surface area (TPSA) is 50.9 Å². The highest BCUT2D eigenvalue weighted by molar-refractivity contribution is 5.80. The number of hydrogen-bond donors (Lipinski definition) is 2. The highest BCUT2D eigenvalue weighted by Crippen LogP contribution is 2.28. The number of nitrogens with zero attached hydrogens (tertiary/aromatic N) is 1. The van der Waals surface area contributed by atoms with Crippen LogP contribution in [0.25, 0.3) is 0 Å². The van der Waals surface area contributed by atoms with Crippen LogP contribution in [-0.4, -0.2) is 44.2 Å². The molecule has 1 saturated carbocycles. The minimum Gasteiger partial charge on any atom is -0.348 e. The van der Waals surface area contributed by atoms with Gasteiger partial charge >= 0.3 is 6.18 Å². The first kappa shape index (κ1) is 18.9. The van der Waals surface area contributed by atoms with Gasteiger partial charge in [0.2, 0.25) is 0 Å². The van der Waals surface area contributed by atoms with Crippen molar-refractivity contribution in [2.24, 2.45) is 0 Å². The summed E-state index contributed by atoms with van der Waals surface area (Å²) >= 11 is 0. The van der Waals surface area contributed by atoms with Gasteiger partial charge in [0.1, 0.15) is 32.4 Å². The third-order valence-electron chi connectivity index (χ3n) is 5.58. The second-order valence-electron chi connectivity index (χ2n) is 7.32. The second-order valence-corrected chi connectivity index (χ2v) is 7.32. The summed E-state index contributed by atoms with van der Waals surface area (Å²) in [4.78, 5) is 18.4. The molecular formula is C18H27F3N4O+2. The third kappa shape index (κ3) is 4.47. The van der Waals surface area contributed by atoms with E-state index in [0.29, 0.717) is 24.9 Å². The zero-order valence-electron chi connectivity index (χ0n) is 15.0. The molecule has 8 heteroatoms. The fourth-order valence-electron chi connectivity index (χ4n) is 3.84. The summed E-state index contributed by atoms with van der Waals surface area (Å²) in [6.07, 6.45) is 1.20. The average molecular weight is 372 g/mol. The van der Waals surface area contributed by atoms with Crippen LogP contribution in [0, 0.1) is 0 Å². The van der Waals surface area contributed by atoms with Crippen molar-refractivity contribution in [3.8, 4) is 0 Å². The normalized spacial score (nSPS) is 21.0. The minimum absolute atomic E-state index is 0.102. The molecule has 0 radical (unpaired) electrons. The number of anilines is 1. The number of carbonyl (C=O) groups is 1. The lowest BCUT2D eigenvalue weighted by Gasteiger charge is -2.32. The first-order valence-electron chi connectivity index (χ1n) is 9.33. The van der Waals surface area contributed by atoms with E-state index in [9.17, 15) is 18.0 Å². The van der Waals surface area contributed by atoms with Crippen LogP contribution in [0.3, 0.4) is 0 Å². The average Bonchev–Trinajstić information content (AvgIpc) is 3.13. The van der Waals surface area contributed by atoms with E-state index in [1.807, 2.05) is 11.8 Å². The lowest BCUT2D eigenvalue weighted by molar-refractivity contribution is -0.914. The lowest BCUT2D eigenvalue weighted by Crippen LogP contribution is -3.19. The van der Waals surface area contributed by atoms with Crippen LogP contribution in [0.4, 0.5) is 19.0 Å². The lowest BCUT2D eigenvalue weighted by atomic mass is 10.2. The maximum Gasteiger partial charge on any atom is 0.419 e. The Kier molecular flexibility index (Phi) is 5.70. The molecule has 5 nitrogen and oxygen atoms in total. The first-order valence-corrected chi connectivity index (χ1v) is 9.33. The number of carbonyl (C=O) groups excluding carboxylic acids is 1. The Bertz CT molecular complexity index is 606. The number of aromatic nitrogens is 1. The molecule has 2 heterocycles. The minimum atomic E-state index is -4.33. The van der Waals surface area contributed by atoms with Crippen molar-refractivity contribution in [2.75, 3.05) is 31.1 Å². The zero-order chi connectivity index (χ0) is 18.7. The van der Waals surface area contributed by atoms with Crippen LogP contribution >= 0.6 is 0 Å². The number of alkyl halides is 3. The van der Waals surface area contributed by atoms with Crippen LogP contribution < -0.4 is 20.1 Å². The summed E-state index contributed by atoms with van der Waals surface area (Å²) in [7, 11) is 0. The molecule has 3 N–H and O–H groups in total. The van der Waals surface area contributed by atoms with Crippen LogP contribution in [0.1, 0.15) is 38.2 Å². The Labute approximate surface area is 151 Å². The first-order chi connectivity index (χ1) is 12.3. The van der Waals surface area contributed by atoms with Gasteiger partial charge in [0.15, 0.2) is 6.04 Å². The Balaban J connectivity index is 1.51. The van der Waals surface area contributed by atoms with Gasteiger partial charge in [0.05, 0.1) is 5.56 Å². The Morgan fingerprint density at radius 3 is 2.46 bits per heavy atom. The van der Waals surface area contributed by atoms with E-state index in [2.05, 4.69) is 10.3 Å². The molecule has 1 aromatic heterocycles. The quantitative estimate of drug-likeness (QED) is 0.816. The highest BCUT2D eigenvalue weighted by Gasteiger charge is 2.35. The summed E-state index contributed by atoms with van der Waals surface area (Å²) in [6.45, 7) is 4.94. The van der Waals surface area contributed by atoms with Gasteiger partial charge in [-0.1, -0.05) is 12.8 Å². The van der Waals surface area contributed by atoms with E-state index >= 15 is 0 Å². The predicted molar refractivity (Wildman–Crippen MR) is 90.8 cm³/mol. The number of nitrogens with one attached hydrogen (secondary N) is 3. The van der Waals surface area contributed by atoms with Crippen molar-refractivity contribution in [3.63, 3.8) is 0 Å². The van der Waals surface area contributed by atoms with Crippen LogP contribution in [0.5, 0.6) is 0 Å². The molecule has 1 aromatic rings. The van der Waals surface area contributed by atoms with Crippen molar-refractivity contribution in [1.82, 2.24) is 5.32 Å². The molecule has 1 aliphatic carbocycles. The molecular weight excluding hydrogens is 345 g/mol. The van der Waals surface area contributed by atoms with Crippen molar-refractivity contribution >= 4 is 11.7 Å². The molecule has 144 valence electrons. The Morgan fingerprint density at radius 2 is 1.92 bits per heavy atom. The number of rotatable bonds is 4. The fraction of sp³-hybridized carbons (Fsp3) is 0.667. The molecule has 0 aromatic carbocycles. The molecule has 0 bridgehead atoms. The van der Waals surface area contributed by atoms with Crippen LogP contribution in [0.2, 0.25) is 0 Å². The predicted octanol–water partition coefficient (Wildman–Crippen LogP) is 0.672. The van der Waals surface area contributed by atoms with E-state index in [0.717, 1.165) is 38.2 Å². The molecule has 0 unspecified atom stereocenters. The van der Waals surface area contributed by atoms with E-state index in [4.69, 9.17) is 0 Å². The SMILES string of the molecule is C[C@@H](C(=O)NC1CCCC1)[NH+]1CCN(c2ccc(C(F)(F)F)c[nH+]2)CC1. The number of H-pyrrole nitrogens is 1. The number of piperazine rings is 1. The fourth-order valence-corrected chi connectivity index (χ4v) is 3.84. The molecule has 1 aliphatic heterocycles. The smallest absolute Gasteiger partial charge is 0.348 e. The maximum atomic E-state index is 12.6. The molecule has 2 aliphatic rings. The van der Waals surface area contributed by atoms with Crippen molar-refractivity contribution in [3.05, 3.63) is 23.9 Å². The van der Waals surface area contributed by atoms with Gasteiger partial charge in [0.25, 0.3) is 11.7 Å². The van der Waals surface area contributed by atoms with Gasteiger partial charge in [-0.3, -0.25) is 9.69 Å². The van der Waals surface area contributed by atoms with E-state index < -0.39 is 11.7 Å². The summed E-state index contributed by atoms with van der Waals surface area (Å²) in [5.74, 6) is 0.793. The number of hydrogen-bond acceptors (Lipinski definition) is 2. The molecule has 1 amide bonds. The number of quaternary nitrogens is 1. The highest BCUT2D eigenvalue weighted by atomic mass is 19.4. The van der Waals surface area contributed by atoms with Crippen molar-refractivity contribution < 1.29 is 27.8 Å². The number of aromatic amines is 1. The number of pyridine rings is 1. The van der Waals surface area contributed by atoms with E-state index in [-0.39, 0.29) is 11.9 Å². The second kappa shape index (κ2) is 7.82. The third-order valence-corrected chi connectivity index (χ3v) is 5.58. The summed E-state index contributed by atoms with van der Waals surface area (Å²) in [5, 5.41) is 3.15. The number of halogens is 3. The number of amides is 1. The molecule has 26 heavy (non-hydrogen) atoms. The zero-order valence-corrected chi connectivity index (χ0v) is 15.0. The summed E-state index contributed by atoms with van der Waals surface area (Å²) < 4.78 is 37.9. The van der Waals surface area contributed by atoms with E-state index in [1.54, 1.807) is 0 Å². The van der Waals surface area contributed by atoms with Crippen LogP contribution in [-0.2, 0) is 11.0 Å². The van der Waals surface area contributed by atoms with Gasteiger partial charge < -0.3 is 10.2 Å². The summed E-state index contributed by atoms with van der Waals surface area (Å²) in [5.41, 5.74) is -0.678. The Morgan fingerprint density at radius 1 is 1.27 bits per heavy atom. The van der Waals surface area contributed by atoms with Gasteiger partial charge in [-0.15, -0.1) is 0 Å². The Hall–Kier alpha value is -1.83. The molecule has 1 atom stereocenters. The van der Waals surface area contributed by atoms with Crippen LogP contribution in [0.15, 0.2) is 18.3 Å². The molecule has 0 spiro atoms.